The van der Waals surface area contributed by atoms with Crippen LogP contribution in [0.1, 0.15) is 23.6 Å². The van der Waals surface area contributed by atoms with E-state index in [2.05, 4.69) is 10.5 Å². The summed E-state index contributed by atoms with van der Waals surface area (Å²) >= 11 is 5.88. The molecule has 0 radical (unpaired) electrons. The highest BCUT2D eigenvalue weighted by molar-refractivity contribution is 7.92. The van der Waals surface area contributed by atoms with Gasteiger partial charge in [-0.15, -0.1) is 0 Å². The van der Waals surface area contributed by atoms with Crippen LogP contribution in [0.2, 0.25) is 5.02 Å². The molecule has 0 atom stereocenters. The summed E-state index contributed by atoms with van der Waals surface area (Å²) in [5, 5.41) is 4.60. The molecule has 0 fully saturated rings. The lowest BCUT2D eigenvalue weighted by molar-refractivity contribution is -0.119. The van der Waals surface area contributed by atoms with Crippen LogP contribution in [0.5, 0.6) is 5.75 Å². The molecule has 0 bridgehead atoms. The minimum atomic E-state index is -3.64. The molecule has 0 saturated heterocycles. The monoisotopic (exact) mass is 499 g/mol. The minimum Gasteiger partial charge on any atom is -0.489 e. The molecule has 0 saturated carbocycles. The van der Waals surface area contributed by atoms with Gasteiger partial charge in [-0.3, -0.25) is 9.10 Å². The van der Waals surface area contributed by atoms with Gasteiger partial charge in [0.25, 0.3) is 5.91 Å². The van der Waals surface area contributed by atoms with Crippen molar-refractivity contribution in [2.24, 2.45) is 5.10 Å². The number of rotatable bonds is 10. The fraction of sp³-hybridized carbons (Fsp3) is 0.200. The molecule has 1 amide bonds. The zero-order valence-corrected chi connectivity index (χ0v) is 20.5. The largest absolute Gasteiger partial charge is 0.489 e. The quantitative estimate of drug-likeness (QED) is 0.331. The third-order valence-corrected chi connectivity index (χ3v) is 6.31. The molecule has 3 rings (SSSR count). The van der Waals surface area contributed by atoms with Crippen LogP contribution in [0.3, 0.4) is 0 Å². The van der Waals surface area contributed by atoms with Gasteiger partial charge in [-0.2, -0.15) is 5.10 Å². The van der Waals surface area contributed by atoms with Gasteiger partial charge in [0.2, 0.25) is 10.0 Å². The van der Waals surface area contributed by atoms with Gasteiger partial charge in [-0.25, -0.2) is 13.8 Å². The minimum absolute atomic E-state index is 0.376. The van der Waals surface area contributed by atoms with Crippen molar-refractivity contribution in [3.05, 3.63) is 94.5 Å². The number of benzene rings is 3. The summed E-state index contributed by atoms with van der Waals surface area (Å²) in [7, 11) is -3.64. The Hall–Kier alpha value is -3.36. The van der Waals surface area contributed by atoms with Crippen molar-refractivity contribution in [3.63, 3.8) is 0 Å². The van der Waals surface area contributed by atoms with E-state index in [1.165, 1.54) is 6.21 Å². The number of nitrogens with one attached hydrogen (secondary N) is 1. The Bertz CT molecular complexity index is 1230. The van der Waals surface area contributed by atoms with Crippen LogP contribution in [0.4, 0.5) is 5.69 Å². The lowest BCUT2D eigenvalue weighted by Gasteiger charge is -2.21. The summed E-state index contributed by atoms with van der Waals surface area (Å²) < 4.78 is 31.2. The second kappa shape index (κ2) is 11.7. The van der Waals surface area contributed by atoms with E-state index < -0.39 is 15.9 Å². The van der Waals surface area contributed by atoms with Crippen LogP contribution in [0.15, 0.2) is 77.9 Å². The summed E-state index contributed by atoms with van der Waals surface area (Å²) in [5.41, 5.74) is 5.62. The van der Waals surface area contributed by atoms with Gasteiger partial charge in [-0.05, 0) is 71.6 Å². The lowest BCUT2D eigenvalue weighted by atomic mass is 10.1. The van der Waals surface area contributed by atoms with Gasteiger partial charge in [0, 0.05) is 5.02 Å². The number of carbonyl (C=O) groups is 1. The van der Waals surface area contributed by atoms with Crippen LogP contribution in [-0.4, -0.2) is 33.3 Å². The van der Waals surface area contributed by atoms with Crippen LogP contribution in [0, 0.1) is 0 Å². The number of hydrogen-bond donors (Lipinski definition) is 1. The Balaban J connectivity index is 1.54. The molecule has 0 aliphatic heterocycles. The fourth-order valence-electron chi connectivity index (χ4n) is 3.04. The fourth-order valence-corrected chi connectivity index (χ4v) is 4.02. The standard InChI is InChI=1S/C25H26ClN3O4S/c1-3-19-6-12-23(13-7-19)29(34(2,31)32)17-25(30)28-27-16-20-8-14-24(15-9-20)33-18-21-4-10-22(26)11-5-21/h4-16H,3,17-18H2,1-2H3,(H,28,30)/b27-16-. The van der Waals surface area contributed by atoms with E-state index in [4.69, 9.17) is 16.3 Å². The van der Waals surface area contributed by atoms with E-state index in [1.807, 2.05) is 43.3 Å². The zero-order valence-electron chi connectivity index (χ0n) is 18.9. The van der Waals surface area contributed by atoms with E-state index in [0.29, 0.717) is 23.1 Å². The molecule has 7 nitrogen and oxygen atoms in total. The van der Waals surface area contributed by atoms with Crippen molar-refractivity contribution >= 4 is 39.4 Å². The van der Waals surface area contributed by atoms with E-state index >= 15 is 0 Å². The number of ether oxygens (including phenoxy) is 1. The number of hydrogen-bond acceptors (Lipinski definition) is 5. The average molecular weight is 500 g/mol. The van der Waals surface area contributed by atoms with Crippen molar-refractivity contribution < 1.29 is 17.9 Å². The van der Waals surface area contributed by atoms with E-state index in [-0.39, 0.29) is 6.54 Å². The van der Waals surface area contributed by atoms with E-state index in [0.717, 1.165) is 33.7 Å². The summed E-state index contributed by atoms with van der Waals surface area (Å²) in [6.45, 7) is 2.05. The van der Waals surface area contributed by atoms with E-state index in [1.54, 1.807) is 36.4 Å². The molecule has 0 spiro atoms. The Morgan fingerprint density at radius 2 is 1.62 bits per heavy atom. The van der Waals surface area contributed by atoms with Crippen molar-refractivity contribution in [1.29, 1.82) is 0 Å². The van der Waals surface area contributed by atoms with Gasteiger partial charge in [-0.1, -0.05) is 42.8 Å². The molecule has 0 aromatic heterocycles. The molecular weight excluding hydrogens is 474 g/mol. The molecule has 0 aliphatic rings. The molecule has 34 heavy (non-hydrogen) atoms. The number of carbonyl (C=O) groups excluding carboxylic acids is 1. The van der Waals surface area contributed by atoms with Crippen LogP contribution >= 0.6 is 11.6 Å². The topological polar surface area (TPSA) is 88.1 Å². The first kappa shape index (κ1) is 25.3. The normalized spacial score (nSPS) is 11.4. The van der Waals surface area contributed by atoms with Crippen LogP contribution < -0.4 is 14.5 Å². The number of nitrogens with zero attached hydrogens (tertiary/aromatic N) is 2. The number of aryl methyl sites for hydroxylation is 1. The molecule has 0 unspecified atom stereocenters. The number of amides is 1. The van der Waals surface area contributed by atoms with Gasteiger partial charge in [0.15, 0.2) is 0 Å². The lowest BCUT2D eigenvalue weighted by Crippen LogP contribution is -2.39. The maximum Gasteiger partial charge on any atom is 0.260 e. The van der Waals surface area contributed by atoms with Gasteiger partial charge in [0.05, 0.1) is 18.2 Å². The van der Waals surface area contributed by atoms with Crippen molar-refractivity contribution in [2.45, 2.75) is 20.0 Å². The smallest absolute Gasteiger partial charge is 0.260 e. The molecule has 0 heterocycles. The predicted octanol–water partition coefficient (Wildman–Crippen LogP) is 4.40. The molecular formula is C25H26ClN3O4S. The highest BCUT2D eigenvalue weighted by Crippen LogP contribution is 2.18. The maximum absolute atomic E-state index is 12.3. The first-order chi connectivity index (χ1) is 16.2. The Labute approximate surface area is 205 Å². The van der Waals surface area contributed by atoms with Crippen molar-refractivity contribution in [2.75, 3.05) is 17.1 Å². The zero-order chi connectivity index (χ0) is 24.6. The second-order valence-electron chi connectivity index (χ2n) is 7.57. The van der Waals surface area contributed by atoms with E-state index in [9.17, 15) is 13.2 Å². The summed E-state index contributed by atoms with van der Waals surface area (Å²) in [6.07, 6.45) is 3.37. The first-order valence-corrected chi connectivity index (χ1v) is 12.8. The molecule has 3 aromatic carbocycles. The maximum atomic E-state index is 12.3. The predicted molar refractivity (Wildman–Crippen MR) is 136 cm³/mol. The van der Waals surface area contributed by atoms with Gasteiger partial charge in [0.1, 0.15) is 18.9 Å². The molecule has 9 heteroatoms. The molecule has 1 N–H and O–H groups in total. The SMILES string of the molecule is CCc1ccc(N(CC(=O)N/N=C\c2ccc(OCc3ccc(Cl)cc3)cc2)S(C)(=O)=O)cc1. The first-order valence-electron chi connectivity index (χ1n) is 10.6. The number of hydrazone groups is 1. The number of halogens is 1. The number of anilines is 1. The highest BCUT2D eigenvalue weighted by Gasteiger charge is 2.20. The second-order valence-corrected chi connectivity index (χ2v) is 9.91. The Kier molecular flexibility index (Phi) is 8.67. The third kappa shape index (κ3) is 7.60. The van der Waals surface area contributed by atoms with Gasteiger partial charge >= 0.3 is 0 Å². The van der Waals surface area contributed by atoms with Crippen LogP contribution in [-0.2, 0) is 27.8 Å². The highest BCUT2D eigenvalue weighted by atomic mass is 35.5. The Morgan fingerprint density at radius 3 is 2.21 bits per heavy atom. The Morgan fingerprint density at radius 1 is 1.00 bits per heavy atom. The average Bonchev–Trinajstić information content (AvgIpc) is 2.82. The molecule has 3 aromatic rings. The summed E-state index contributed by atoms with van der Waals surface area (Å²) in [6, 6.07) is 21.7. The van der Waals surface area contributed by atoms with Crippen LogP contribution in [0.25, 0.3) is 0 Å². The summed E-state index contributed by atoms with van der Waals surface area (Å²) in [4.78, 5) is 12.3. The number of sulfonamides is 1. The summed E-state index contributed by atoms with van der Waals surface area (Å²) in [5.74, 6) is 0.137. The molecule has 178 valence electrons. The van der Waals surface area contributed by atoms with Crippen molar-refractivity contribution in [3.8, 4) is 5.75 Å². The third-order valence-electron chi connectivity index (χ3n) is 4.92. The van der Waals surface area contributed by atoms with Crippen molar-refractivity contribution in [1.82, 2.24) is 5.43 Å². The van der Waals surface area contributed by atoms with Gasteiger partial charge < -0.3 is 4.74 Å². The molecule has 0 aliphatic carbocycles.